The lowest BCUT2D eigenvalue weighted by molar-refractivity contribution is 0.265. The summed E-state index contributed by atoms with van der Waals surface area (Å²) in [5, 5.41) is 18.6. The first-order valence-electron chi connectivity index (χ1n) is 3.71. The van der Waals surface area contributed by atoms with Gasteiger partial charge in [-0.1, -0.05) is 0 Å². The van der Waals surface area contributed by atoms with Gasteiger partial charge in [-0.2, -0.15) is 0 Å². The molecule has 4 N–H and O–H groups in total. The molecule has 0 aliphatic carbocycles. The van der Waals surface area contributed by atoms with E-state index in [0.29, 0.717) is 14.5 Å². The van der Waals surface area contributed by atoms with Crippen molar-refractivity contribution in [2.75, 3.05) is 6.61 Å². The summed E-state index contributed by atoms with van der Waals surface area (Å²) in [6.45, 7) is -0.214. The van der Waals surface area contributed by atoms with Crippen molar-refractivity contribution in [3.05, 3.63) is 25.0 Å². The van der Waals surface area contributed by atoms with E-state index in [2.05, 4.69) is 47.8 Å². The van der Waals surface area contributed by atoms with Crippen molar-refractivity contribution in [3.8, 4) is 5.75 Å². The number of aliphatic hydroxyl groups excluding tert-OH is 1. The third-order valence-electron chi connectivity index (χ3n) is 1.76. The first-order valence-corrected chi connectivity index (χ1v) is 6.09. The molecule has 0 unspecified atom stereocenters. The first kappa shape index (κ1) is 12.4. The lowest BCUT2D eigenvalue weighted by atomic mass is 10.1. The third-order valence-corrected chi connectivity index (χ3v) is 5.05. The molecule has 0 saturated carbocycles. The molecule has 0 aliphatic rings. The molecule has 1 aromatic rings. The molecular formula is C8H8Br3NO2. The van der Waals surface area contributed by atoms with E-state index in [1.54, 1.807) is 6.07 Å². The zero-order valence-corrected chi connectivity index (χ0v) is 11.7. The van der Waals surface area contributed by atoms with Crippen molar-refractivity contribution in [1.29, 1.82) is 0 Å². The average molecular weight is 390 g/mol. The monoisotopic (exact) mass is 387 g/mol. The Balaban J connectivity index is 3.33. The molecular weight excluding hydrogens is 382 g/mol. The topological polar surface area (TPSA) is 66.5 Å². The highest BCUT2D eigenvalue weighted by atomic mass is 79.9. The van der Waals surface area contributed by atoms with Gasteiger partial charge >= 0.3 is 0 Å². The van der Waals surface area contributed by atoms with Crippen molar-refractivity contribution in [2.45, 2.75) is 6.04 Å². The molecule has 1 rings (SSSR count). The van der Waals surface area contributed by atoms with E-state index in [1.165, 1.54) is 0 Å². The number of aliphatic hydroxyl groups is 1. The number of rotatable bonds is 2. The molecule has 0 radical (unpaired) electrons. The fourth-order valence-electron chi connectivity index (χ4n) is 0.985. The second kappa shape index (κ2) is 4.94. The van der Waals surface area contributed by atoms with Gasteiger partial charge in [0.1, 0.15) is 5.75 Å². The van der Waals surface area contributed by atoms with Gasteiger partial charge in [-0.05, 0) is 53.9 Å². The van der Waals surface area contributed by atoms with E-state index in [9.17, 15) is 5.11 Å². The van der Waals surface area contributed by atoms with Gasteiger partial charge in [-0.3, -0.25) is 0 Å². The van der Waals surface area contributed by atoms with E-state index in [0.717, 1.165) is 4.47 Å². The van der Waals surface area contributed by atoms with Gasteiger partial charge in [0.25, 0.3) is 0 Å². The molecule has 0 bridgehead atoms. The van der Waals surface area contributed by atoms with Crippen LogP contribution >= 0.6 is 47.8 Å². The van der Waals surface area contributed by atoms with Crippen LogP contribution in [0.4, 0.5) is 0 Å². The Bertz CT molecular complexity index is 357. The minimum absolute atomic E-state index is 0.0432. The van der Waals surface area contributed by atoms with Gasteiger partial charge in [0, 0.05) is 14.5 Å². The lowest BCUT2D eigenvalue weighted by Crippen LogP contribution is -2.14. The maximum atomic E-state index is 9.72. The van der Waals surface area contributed by atoms with Gasteiger partial charge in [-0.25, -0.2) is 0 Å². The Labute approximate surface area is 107 Å². The molecule has 0 heterocycles. The van der Waals surface area contributed by atoms with Gasteiger partial charge in [0.05, 0.1) is 17.1 Å². The van der Waals surface area contributed by atoms with Crippen LogP contribution in [0.15, 0.2) is 19.5 Å². The molecule has 1 atom stereocenters. The predicted molar refractivity (Wildman–Crippen MR) is 65.2 cm³/mol. The number of aromatic hydroxyl groups is 1. The Morgan fingerprint density at radius 1 is 1.29 bits per heavy atom. The zero-order chi connectivity index (χ0) is 10.9. The molecule has 1 aromatic carbocycles. The highest BCUT2D eigenvalue weighted by molar-refractivity contribution is 9.14. The summed E-state index contributed by atoms with van der Waals surface area (Å²) in [4.78, 5) is 0. The standard InChI is InChI=1S/C8H8Br3NO2/c9-4-1-3(5(12)2-13)8(14)7(11)6(4)10/h1,5,13-14H,2,12H2/t5-/m0/s1. The number of phenolic OH excluding ortho intramolecular Hbond substituents is 1. The SMILES string of the molecule is N[C@@H](CO)c1cc(Br)c(Br)c(Br)c1O. The minimum atomic E-state index is -0.587. The summed E-state index contributed by atoms with van der Waals surface area (Å²) in [5.41, 5.74) is 6.11. The maximum absolute atomic E-state index is 9.72. The number of halogens is 3. The predicted octanol–water partition coefficient (Wildman–Crippen LogP) is 2.67. The van der Waals surface area contributed by atoms with Crippen molar-refractivity contribution in [1.82, 2.24) is 0 Å². The molecule has 6 heteroatoms. The van der Waals surface area contributed by atoms with Crippen molar-refractivity contribution >= 4 is 47.8 Å². The van der Waals surface area contributed by atoms with Crippen LogP contribution in [0, 0.1) is 0 Å². The van der Waals surface area contributed by atoms with Crippen LogP contribution in [-0.4, -0.2) is 16.8 Å². The Morgan fingerprint density at radius 2 is 1.86 bits per heavy atom. The normalized spacial score (nSPS) is 12.9. The summed E-state index contributed by atoms with van der Waals surface area (Å²) in [5.74, 6) is 0.0432. The first-order chi connectivity index (χ1) is 6.49. The van der Waals surface area contributed by atoms with Gasteiger partial charge < -0.3 is 15.9 Å². The molecule has 0 fully saturated rings. The van der Waals surface area contributed by atoms with E-state index in [-0.39, 0.29) is 12.4 Å². The van der Waals surface area contributed by atoms with Crippen LogP contribution in [0.25, 0.3) is 0 Å². The summed E-state index contributed by atoms with van der Waals surface area (Å²) in [6, 6.07) is 1.08. The van der Waals surface area contributed by atoms with Crippen LogP contribution in [0.2, 0.25) is 0 Å². The highest BCUT2D eigenvalue weighted by Gasteiger charge is 2.17. The summed E-state index contributed by atoms with van der Waals surface area (Å²) < 4.78 is 2.00. The van der Waals surface area contributed by atoms with Gasteiger partial charge in [0.15, 0.2) is 0 Å². The van der Waals surface area contributed by atoms with Crippen LogP contribution < -0.4 is 5.73 Å². The molecule has 0 amide bonds. The number of hydrogen-bond donors (Lipinski definition) is 3. The molecule has 78 valence electrons. The minimum Gasteiger partial charge on any atom is -0.506 e. The Morgan fingerprint density at radius 3 is 2.36 bits per heavy atom. The molecule has 0 aromatic heterocycles. The number of phenols is 1. The summed E-state index contributed by atoms with van der Waals surface area (Å²) >= 11 is 9.80. The van der Waals surface area contributed by atoms with Crippen LogP contribution in [-0.2, 0) is 0 Å². The Hall–Kier alpha value is 0.380. The molecule has 0 spiro atoms. The zero-order valence-electron chi connectivity index (χ0n) is 6.97. The van der Waals surface area contributed by atoms with E-state index < -0.39 is 6.04 Å². The number of nitrogens with two attached hydrogens (primary N) is 1. The summed E-state index contributed by atoms with van der Waals surface area (Å²) in [7, 11) is 0. The van der Waals surface area contributed by atoms with Crippen molar-refractivity contribution in [3.63, 3.8) is 0 Å². The molecule has 14 heavy (non-hydrogen) atoms. The van der Waals surface area contributed by atoms with Crippen LogP contribution in [0.3, 0.4) is 0 Å². The second-order valence-electron chi connectivity index (χ2n) is 2.71. The fourth-order valence-corrected chi connectivity index (χ4v) is 2.44. The highest BCUT2D eigenvalue weighted by Crippen LogP contribution is 2.41. The largest absolute Gasteiger partial charge is 0.506 e. The fraction of sp³-hybridized carbons (Fsp3) is 0.250. The summed E-state index contributed by atoms with van der Waals surface area (Å²) in [6.07, 6.45) is 0. The van der Waals surface area contributed by atoms with Crippen molar-refractivity contribution < 1.29 is 10.2 Å². The van der Waals surface area contributed by atoms with Crippen molar-refractivity contribution in [2.24, 2.45) is 5.73 Å². The molecule has 0 saturated heterocycles. The van der Waals surface area contributed by atoms with Crippen LogP contribution in [0.1, 0.15) is 11.6 Å². The van der Waals surface area contributed by atoms with Gasteiger partial charge in [-0.15, -0.1) is 0 Å². The molecule has 0 aliphatic heterocycles. The Kier molecular flexibility index (Phi) is 4.39. The van der Waals surface area contributed by atoms with E-state index in [4.69, 9.17) is 10.8 Å². The van der Waals surface area contributed by atoms with Gasteiger partial charge in [0.2, 0.25) is 0 Å². The van der Waals surface area contributed by atoms with E-state index >= 15 is 0 Å². The number of benzene rings is 1. The third kappa shape index (κ3) is 2.30. The average Bonchev–Trinajstić information content (AvgIpc) is 2.19. The molecule has 3 nitrogen and oxygen atoms in total. The van der Waals surface area contributed by atoms with Crippen LogP contribution in [0.5, 0.6) is 5.75 Å². The lowest BCUT2D eigenvalue weighted by Gasteiger charge is -2.14. The number of hydrogen-bond acceptors (Lipinski definition) is 3. The van der Waals surface area contributed by atoms with E-state index in [1.807, 2.05) is 0 Å². The quantitative estimate of drug-likeness (QED) is 0.681. The smallest absolute Gasteiger partial charge is 0.135 e. The maximum Gasteiger partial charge on any atom is 0.135 e. The second-order valence-corrected chi connectivity index (χ2v) is 5.15.